The van der Waals surface area contributed by atoms with Crippen molar-refractivity contribution in [2.75, 3.05) is 11.9 Å². The number of anilines is 2. The van der Waals surface area contributed by atoms with Crippen molar-refractivity contribution in [2.24, 2.45) is 5.73 Å². The molecule has 3 rings (SSSR count). The number of halogens is 1. The first kappa shape index (κ1) is 13.1. The van der Waals surface area contributed by atoms with Gasteiger partial charge < -0.3 is 15.6 Å². The number of aromatic nitrogens is 2. The lowest BCUT2D eigenvalue weighted by molar-refractivity contribution is 0.736. The maximum Gasteiger partial charge on any atom is 0.208 e. The third kappa shape index (κ3) is 2.55. The number of nitrogens with two attached hydrogens (primary N) is 1. The molecule has 0 atom stereocenters. The van der Waals surface area contributed by atoms with Crippen molar-refractivity contribution in [3.05, 3.63) is 53.0 Å². The van der Waals surface area contributed by atoms with Crippen molar-refractivity contribution in [3.8, 4) is 0 Å². The summed E-state index contributed by atoms with van der Waals surface area (Å²) in [6.07, 6.45) is 0. The number of hydrogen-bond donors (Lipinski definition) is 2. The first-order chi connectivity index (χ1) is 9.78. The highest BCUT2D eigenvalue weighted by Crippen LogP contribution is 2.23. The van der Waals surface area contributed by atoms with E-state index in [1.807, 2.05) is 42.5 Å². The second-order valence-corrected chi connectivity index (χ2v) is 5.41. The monoisotopic (exact) mass is 330 g/mol. The minimum Gasteiger partial charge on any atom is -0.329 e. The van der Waals surface area contributed by atoms with Gasteiger partial charge in [0.25, 0.3) is 0 Å². The Labute approximate surface area is 125 Å². The minimum absolute atomic E-state index is 0.579. The molecule has 0 radical (unpaired) electrons. The third-order valence-electron chi connectivity index (χ3n) is 3.11. The summed E-state index contributed by atoms with van der Waals surface area (Å²) >= 11 is 3.43. The van der Waals surface area contributed by atoms with E-state index in [4.69, 9.17) is 5.73 Å². The summed E-state index contributed by atoms with van der Waals surface area (Å²) in [5, 5.41) is 3.35. The topological polar surface area (TPSA) is 55.9 Å². The van der Waals surface area contributed by atoms with E-state index in [0.717, 1.165) is 33.7 Å². The zero-order chi connectivity index (χ0) is 13.9. The van der Waals surface area contributed by atoms with E-state index in [-0.39, 0.29) is 0 Å². The average molecular weight is 331 g/mol. The van der Waals surface area contributed by atoms with Gasteiger partial charge in [0, 0.05) is 23.2 Å². The maximum atomic E-state index is 5.71. The molecule has 1 aromatic heterocycles. The fourth-order valence-electron chi connectivity index (χ4n) is 2.19. The Kier molecular flexibility index (Phi) is 3.71. The predicted octanol–water partition coefficient (Wildman–Crippen LogP) is 3.50. The van der Waals surface area contributed by atoms with Crippen LogP contribution in [0.2, 0.25) is 0 Å². The lowest BCUT2D eigenvalue weighted by atomic mass is 10.3. The van der Waals surface area contributed by atoms with Gasteiger partial charge in [0.05, 0.1) is 11.0 Å². The van der Waals surface area contributed by atoms with Gasteiger partial charge >= 0.3 is 0 Å². The summed E-state index contributed by atoms with van der Waals surface area (Å²) in [6, 6.07) is 16.1. The van der Waals surface area contributed by atoms with Crippen LogP contribution >= 0.6 is 15.9 Å². The molecule has 5 heteroatoms. The fraction of sp³-hybridized carbons (Fsp3) is 0.133. The number of fused-ring (bicyclic) bond motifs is 1. The Balaban J connectivity index is 2.01. The first-order valence-corrected chi connectivity index (χ1v) is 7.25. The summed E-state index contributed by atoms with van der Waals surface area (Å²) in [5.41, 5.74) is 8.78. The highest BCUT2D eigenvalue weighted by atomic mass is 79.9. The number of imidazole rings is 1. The minimum atomic E-state index is 0.579. The van der Waals surface area contributed by atoms with Crippen molar-refractivity contribution in [2.45, 2.75) is 6.54 Å². The van der Waals surface area contributed by atoms with Gasteiger partial charge in [-0.25, -0.2) is 4.98 Å². The molecule has 0 unspecified atom stereocenters. The molecule has 2 aromatic carbocycles. The van der Waals surface area contributed by atoms with Crippen LogP contribution in [0.4, 0.5) is 11.6 Å². The Morgan fingerprint density at radius 3 is 2.60 bits per heavy atom. The molecule has 0 saturated carbocycles. The molecule has 4 nitrogen and oxygen atoms in total. The number of nitrogens with one attached hydrogen (secondary N) is 1. The van der Waals surface area contributed by atoms with Crippen LogP contribution < -0.4 is 11.1 Å². The maximum absolute atomic E-state index is 5.71. The van der Waals surface area contributed by atoms with Gasteiger partial charge in [0.1, 0.15) is 0 Å². The zero-order valence-electron chi connectivity index (χ0n) is 10.9. The van der Waals surface area contributed by atoms with E-state index in [2.05, 4.69) is 36.9 Å². The number of benzene rings is 2. The summed E-state index contributed by atoms with van der Waals surface area (Å²) in [6.45, 7) is 1.31. The Bertz CT molecular complexity index is 718. The lowest BCUT2D eigenvalue weighted by Gasteiger charge is -2.09. The number of para-hydroxylation sites is 2. The number of rotatable bonds is 4. The molecule has 0 aliphatic heterocycles. The van der Waals surface area contributed by atoms with Gasteiger partial charge in [-0.2, -0.15) is 0 Å². The van der Waals surface area contributed by atoms with Crippen LogP contribution in [0.5, 0.6) is 0 Å². The molecule has 0 amide bonds. The summed E-state index contributed by atoms with van der Waals surface area (Å²) < 4.78 is 3.16. The van der Waals surface area contributed by atoms with E-state index in [1.54, 1.807) is 0 Å². The van der Waals surface area contributed by atoms with Crippen molar-refractivity contribution < 1.29 is 0 Å². The average Bonchev–Trinajstić information content (AvgIpc) is 2.80. The summed E-state index contributed by atoms with van der Waals surface area (Å²) in [7, 11) is 0. The molecule has 102 valence electrons. The van der Waals surface area contributed by atoms with E-state index in [0.29, 0.717) is 6.54 Å². The van der Waals surface area contributed by atoms with Crippen LogP contribution in [0.1, 0.15) is 0 Å². The molecule has 1 heterocycles. The van der Waals surface area contributed by atoms with Crippen molar-refractivity contribution in [1.29, 1.82) is 0 Å². The molecule has 0 bridgehead atoms. The highest BCUT2D eigenvalue weighted by molar-refractivity contribution is 9.10. The molecule has 20 heavy (non-hydrogen) atoms. The molecule has 3 aromatic rings. The lowest BCUT2D eigenvalue weighted by Crippen LogP contribution is -2.12. The molecule has 0 aliphatic rings. The molecule has 0 saturated heterocycles. The molecular weight excluding hydrogens is 316 g/mol. The van der Waals surface area contributed by atoms with Crippen LogP contribution in [0.3, 0.4) is 0 Å². The van der Waals surface area contributed by atoms with Gasteiger partial charge in [-0.1, -0.05) is 28.1 Å². The van der Waals surface area contributed by atoms with Crippen LogP contribution in [-0.4, -0.2) is 16.1 Å². The van der Waals surface area contributed by atoms with Gasteiger partial charge in [-0.3, -0.25) is 0 Å². The van der Waals surface area contributed by atoms with Crippen LogP contribution in [-0.2, 0) is 6.54 Å². The second-order valence-electron chi connectivity index (χ2n) is 4.50. The standard InChI is InChI=1S/C15H15BrN4/c16-11-5-7-12(8-6-11)18-15-19-13-3-1-2-4-14(13)20(15)10-9-17/h1-8H,9-10,17H2,(H,18,19). The molecule has 0 spiro atoms. The SMILES string of the molecule is NCCn1c(Nc2ccc(Br)cc2)nc2ccccc21. The predicted molar refractivity (Wildman–Crippen MR) is 86.2 cm³/mol. The van der Waals surface area contributed by atoms with Crippen molar-refractivity contribution >= 4 is 38.6 Å². The Morgan fingerprint density at radius 2 is 1.85 bits per heavy atom. The van der Waals surface area contributed by atoms with E-state index in [9.17, 15) is 0 Å². The molecule has 3 N–H and O–H groups in total. The van der Waals surface area contributed by atoms with Gasteiger partial charge in [0.2, 0.25) is 5.95 Å². The normalized spacial score (nSPS) is 10.9. The second kappa shape index (κ2) is 5.64. The number of hydrogen-bond acceptors (Lipinski definition) is 3. The van der Waals surface area contributed by atoms with E-state index >= 15 is 0 Å². The van der Waals surface area contributed by atoms with Crippen LogP contribution in [0, 0.1) is 0 Å². The van der Waals surface area contributed by atoms with Gasteiger partial charge in [-0.15, -0.1) is 0 Å². The third-order valence-corrected chi connectivity index (χ3v) is 3.64. The Morgan fingerprint density at radius 1 is 1.10 bits per heavy atom. The first-order valence-electron chi connectivity index (χ1n) is 6.46. The largest absolute Gasteiger partial charge is 0.329 e. The molecule has 0 fully saturated rings. The Hall–Kier alpha value is -1.85. The molecule has 0 aliphatic carbocycles. The zero-order valence-corrected chi connectivity index (χ0v) is 12.5. The van der Waals surface area contributed by atoms with Crippen LogP contribution in [0.15, 0.2) is 53.0 Å². The van der Waals surface area contributed by atoms with Gasteiger partial charge in [0.15, 0.2) is 0 Å². The quantitative estimate of drug-likeness (QED) is 0.769. The molecular formula is C15H15BrN4. The number of nitrogens with zero attached hydrogens (tertiary/aromatic N) is 2. The van der Waals surface area contributed by atoms with Gasteiger partial charge in [-0.05, 0) is 36.4 Å². The van der Waals surface area contributed by atoms with Crippen LogP contribution in [0.25, 0.3) is 11.0 Å². The van der Waals surface area contributed by atoms with Crippen molar-refractivity contribution in [3.63, 3.8) is 0 Å². The summed E-state index contributed by atoms with van der Waals surface area (Å²) in [5.74, 6) is 0.818. The summed E-state index contributed by atoms with van der Waals surface area (Å²) in [4.78, 5) is 4.63. The van der Waals surface area contributed by atoms with Crippen molar-refractivity contribution in [1.82, 2.24) is 9.55 Å². The highest BCUT2D eigenvalue weighted by Gasteiger charge is 2.09. The smallest absolute Gasteiger partial charge is 0.208 e. The van der Waals surface area contributed by atoms with E-state index < -0.39 is 0 Å². The van der Waals surface area contributed by atoms with E-state index in [1.165, 1.54) is 0 Å². The fourth-order valence-corrected chi connectivity index (χ4v) is 2.45.